The van der Waals surface area contributed by atoms with Crippen molar-refractivity contribution < 1.29 is 45.1 Å². The number of carbonyl (C=O) groups is 2. The summed E-state index contributed by atoms with van der Waals surface area (Å²) in [5.74, 6) is -2.07. The molecule has 0 unspecified atom stereocenters. The number of amides is 2. The molecule has 2 aromatic rings. The van der Waals surface area contributed by atoms with Crippen LogP contribution in [0, 0.1) is 5.82 Å². The molecule has 0 saturated carbocycles. The number of halogens is 7. The fourth-order valence-corrected chi connectivity index (χ4v) is 3.68. The van der Waals surface area contributed by atoms with Crippen molar-refractivity contribution in [3.8, 4) is 5.75 Å². The second-order valence-corrected chi connectivity index (χ2v) is 8.51. The number of alkyl halides is 6. The number of hydrogen-bond donors (Lipinski definition) is 2. The maximum absolute atomic E-state index is 14.0. The van der Waals surface area contributed by atoms with Gasteiger partial charge in [0.25, 0.3) is 0 Å². The standard InChI is InChI=1S/C25H24F7N5O3/c1-36(18-4-2-17(26)3-5-18)23(39)40-22-19(10-16(24(27,28)29)11-20(22)25(30,31)32)15(12-33)13-34-6-8-37-9-7-35-14-21(37)38/h2-5,10-13,35H,6-9,14,33H2,1H3. The maximum atomic E-state index is 14.0. The van der Waals surface area contributed by atoms with Crippen molar-refractivity contribution in [2.24, 2.45) is 10.7 Å². The Morgan fingerprint density at radius 2 is 1.82 bits per heavy atom. The summed E-state index contributed by atoms with van der Waals surface area (Å²) in [4.78, 5) is 30.9. The molecule has 1 fully saturated rings. The van der Waals surface area contributed by atoms with E-state index in [0.29, 0.717) is 19.2 Å². The second kappa shape index (κ2) is 12.4. The summed E-state index contributed by atoms with van der Waals surface area (Å²) in [6.07, 6.45) is -10.3. The van der Waals surface area contributed by atoms with Crippen molar-refractivity contribution in [2.75, 3.05) is 44.7 Å². The zero-order valence-corrected chi connectivity index (χ0v) is 20.9. The fourth-order valence-electron chi connectivity index (χ4n) is 3.68. The van der Waals surface area contributed by atoms with Crippen LogP contribution in [-0.4, -0.2) is 62.9 Å². The normalized spacial score (nSPS) is 15.1. The van der Waals surface area contributed by atoms with E-state index in [-0.39, 0.29) is 37.3 Å². The molecule has 0 aliphatic carbocycles. The van der Waals surface area contributed by atoms with Crippen molar-refractivity contribution in [1.29, 1.82) is 0 Å². The first-order valence-electron chi connectivity index (χ1n) is 11.7. The summed E-state index contributed by atoms with van der Waals surface area (Å²) < 4.78 is 101. The summed E-state index contributed by atoms with van der Waals surface area (Å²) in [6.45, 7) is 1.20. The van der Waals surface area contributed by atoms with Gasteiger partial charge in [-0.15, -0.1) is 0 Å². The Morgan fingerprint density at radius 3 is 2.40 bits per heavy atom. The fraction of sp³-hybridized carbons (Fsp3) is 0.320. The smallest absolute Gasteiger partial charge is 0.409 e. The Hall–Kier alpha value is -4.14. The molecule has 0 radical (unpaired) electrons. The molecule has 1 aliphatic heterocycles. The molecule has 1 aliphatic rings. The van der Waals surface area contributed by atoms with Gasteiger partial charge in [0.2, 0.25) is 5.91 Å². The predicted octanol–water partition coefficient (Wildman–Crippen LogP) is 4.30. The number of ether oxygens (including phenoxy) is 1. The van der Waals surface area contributed by atoms with E-state index in [1.54, 1.807) is 0 Å². The lowest BCUT2D eigenvalue weighted by Crippen LogP contribution is -2.48. The largest absolute Gasteiger partial charge is 0.420 e. The van der Waals surface area contributed by atoms with E-state index >= 15 is 0 Å². The third-order valence-corrected chi connectivity index (χ3v) is 5.81. The molecule has 216 valence electrons. The Labute approximate surface area is 223 Å². The van der Waals surface area contributed by atoms with Crippen LogP contribution in [0.5, 0.6) is 5.75 Å². The Kier molecular flexibility index (Phi) is 9.40. The molecule has 3 N–H and O–H groups in total. The van der Waals surface area contributed by atoms with Crippen LogP contribution in [0.25, 0.3) is 5.57 Å². The molecule has 40 heavy (non-hydrogen) atoms. The zero-order chi connectivity index (χ0) is 29.7. The molecule has 2 aromatic carbocycles. The zero-order valence-electron chi connectivity index (χ0n) is 20.9. The molecule has 0 bridgehead atoms. The number of anilines is 1. The number of hydrogen-bond acceptors (Lipinski definition) is 6. The van der Waals surface area contributed by atoms with Crippen molar-refractivity contribution in [3.05, 3.63) is 65.1 Å². The van der Waals surface area contributed by atoms with Crippen LogP contribution in [0.1, 0.15) is 16.7 Å². The minimum absolute atomic E-state index is 0.0312. The van der Waals surface area contributed by atoms with Crippen LogP contribution >= 0.6 is 0 Å². The highest BCUT2D eigenvalue weighted by Gasteiger charge is 2.41. The molecule has 3 rings (SSSR count). The van der Waals surface area contributed by atoms with Crippen LogP contribution in [0.3, 0.4) is 0 Å². The van der Waals surface area contributed by atoms with Gasteiger partial charge in [-0.1, -0.05) is 0 Å². The number of allylic oxidation sites excluding steroid dienone is 1. The quantitative estimate of drug-likeness (QED) is 0.379. The van der Waals surface area contributed by atoms with Gasteiger partial charge in [-0.2, -0.15) is 26.3 Å². The van der Waals surface area contributed by atoms with E-state index in [1.807, 2.05) is 0 Å². The van der Waals surface area contributed by atoms with E-state index < -0.39 is 52.3 Å². The second-order valence-electron chi connectivity index (χ2n) is 8.51. The monoisotopic (exact) mass is 575 g/mol. The first kappa shape index (κ1) is 30.4. The van der Waals surface area contributed by atoms with Crippen LogP contribution in [0.2, 0.25) is 0 Å². The number of nitrogens with two attached hydrogens (primary N) is 1. The van der Waals surface area contributed by atoms with Crippen LogP contribution < -0.4 is 20.7 Å². The molecule has 2 amide bonds. The average Bonchev–Trinajstić information content (AvgIpc) is 2.88. The van der Waals surface area contributed by atoms with Gasteiger partial charge in [0.05, 0.1) is 24.2 Å². The molecule has 8 nitrogen and oxygen atoms in total. The number of rotatable bonds is 7. The summed E-state index contributed by atoms with van der Waals surface area (Å²) in [5.41, 5.74) is 0.845. The maximum Gasteiger partial charge on any atom is 0.420 e. The van der Waals surface area contributed by atoms with E-state index in [1.165, 1.54) is 4.90 Å². The van der Waals surface area contributed by atoms with E-state index in [4.69, 9.17) is 10.5 Å². The van der Waals surface area contributed by atoms with Gasteiger partial charge in [0.15, 0.2) is 5.75 Å². The molecule has 15 heteroatoms. The SMILES string of the molecule is CN(C(=O)Oc1c(C(C=NCCN2CCNCC2=O)=CN)cc(C(F)(F)F)cc1C(F)(F)F)c1ccc(F)cc1. The number of aliphatic imine (C=N–C) groups is 1. The van der Waals surface area contributed by atoms with Gasteiger partial charge in [0, 0.05) is 55.9 Å². The topological polar surface area (TPSA) is 100 Å². The summed E-state index contributed by atoms with van der Waals surface area (Å²) in [6, 6.07) is 4.46. The highest BCUT2D eigenvalue weighted by molar-refractivity contribution is 6.11. The van der Waals surface area contributed by atoms with Crippen molar-refractivity contribution in [3.63, 3.8) is 0 Å². The summed E-state index contributed by atoms with van der Waals surface area (Å²) in [7, 11) is 1.12. The molecule has 0 spiro atoms. The molecule has 1 saturated heterocycles. The minimum Gasteiger partial charge on any atom is -0.409 e. The molecule has 1 heterocycles. The number of carbonyl (C=O) groups excluding carboxylic acids is 2. The van der Waals surface area contributed by atoms with Crippen molar-refractivity contribution in [2.45, 2.75) is 12.4 Å². The van der Waals surface area contributed by atoms with Crippen LogP contribution in [0.15, 0.2) is 47.6 Å². The Bertz CT molecular complexity index is 1290. The molecular weight excluding hydrogens is 551 g/mol. The molecular formula is C25H24F7N5O3. The van der Waals surface area contributed by atoms with Gasteiger partial charge >= 0.3 is 18.4 Å². The summed E-state index contributed by atoms with van der Waals surface area (Å²) >= 11 is 0. The third kappa shape index (κ3) is 7.49. The average molecular weight is 575 g/mol. The molecule has 0 atom stereocenters. The highest BCUT2D eigenvalue weighted by atomic mass is 19.4. The van der Waals surface area contributed by atoms with E-state index in [0.717, 1.165) is 48.6 Å². The lowest BCUT2D eigenvalue weighted by Gasteiger charge is -2.26. The number of piperazine rings is 1. The predicted molar refractivity (Wildman–Crippen MR) is 132 cm³/mol. The van der Waals surface area contributed by atoms with Crippen molar-refractivity contribution in [1.82, 2.24) is 10.2 Å². The Balaban J connectivity index is 2.01. The van der Waals surface area contributed by atoms with E-state index in [2.05, 4.69) is 10.3 Å². The van der Waals surface area contributed by atoms with Gasteiger partial charge in [-0.25, -0.2) is 9.18 Å². The summed E-state index contributed by atoms with van der Waals surface area (Å²) in [5, 5.41) is 2.88. The Morgan fingerprint density at radius 1 is 1.15 bits per heavy atom. The third-order valence-electron chi connectivity index (χ3n) is 5.81. The van der Waals surface area contributed by atoms with Gasteiger partial charge in [-0.3, -0.25) is 14.7 Å². The van der Waals surface area contributed by atoms with Crippen LogP contribution in [0.4, 0.5) is 41.2 Å². The van der Waals surface area contributed by atoms with Gasteiger partial charge in [-0.05, 0) is 36.4 Å². The minimum atomic E-state index is -5.38. The first-order chi connectivity index (χ1) is 18.7. The van der Waals surface area contributed by atoms with Gasteiger partial charge < -0.3 is 20.7 Å². The first-order valence-corrected chi connectivity index (χ1v) is 11.7. The lowest BCUT2D eigenvalue weighted by atomic mass is 9.98. The van der Waals surface area contributed by atoms with Gasteiger partial charge in [0.1, 0.15) is 5.82 Å². The molecule has 0 aromatic heterocycles. The number of nitrogens with zero attached hydrogens (tertiary/aromatic N) is 3. The number of benzene rings is 2. The van der Waals surface area contributed by atoms with Crippen molar-refractivity contribution >= 4 is 29.5 Å². The lowest BCUT2D eigenvalue weighted by molar-refractivity contribution is -0.143. The van der Waals surface area contributed by atoms with Crippen LogP contribution in [-0.2, 0) is 17.1 Å². The van der Waals surface area contributed by atoms with E-state index in [9.17, 15) is 40.3 Å². The number of nitrogens with one attached hydrogen (secondary N) is 1. The highest BCUT2D eigenvalue weighted by Crippen LogP contribution is 2.44.